The number of carboxylic acids is 1. The molecule has 0 radical (unpaired) electrons. The molecule has 2 saturated heterocycles. The molecule has 1 aromatic rings. The number of urea groups is 1. The van der Waals surface area contributed by atoms with Crippen LogP contribution in [0.5, 0.6) is 0 Å². The van der Waals surface area contributed by atoms with Crippen LogP contribution in [0.15, 0.2) is 24.5 Å². The fourth-order valence-corrected chi connectivity index (χ4v) is 3.74. The van der Waals surface area contributed by atoms with Gasteiger partial charge in [0.25, 0.3) is 0 Å². The van der Waals surface area contributed by atoms with Gasteiger partial charge < -0.3 is 20.1 Å². The number of hydrogen-bond donors (Lipinski definition) is 2. The first-order valence-corrected chi connectivity index (χ1v) is 10.1. The lowest BCUT2D eigenvalue weighted by Crippen LogP contribution is -2.48. The summed E-state index contributed by atoms with van der Waals surface area (Å²) >= 11 is 0. The van der Waals surface area contributed by atoms with Crippen molar-refractivity contribution in [3.8, 4) is 0 Å². The molecule has 2 atom stereocenters. The fourth-order valence-electron chi connectivity index (χ4n) is 3.74. The topological polar surface area (TPSA) is 95.0 Å². The first-order chi connectivity index (χ1) is 14.5. The van der Waals surface area contributed by atoms with Crippen LogP contribution in [0.2, 0.25) is 0 Å². The predicted molar refractivity (Wildman–Crippen MR) is 106 cm³/mol. The van der Waals surface area contributed by atoms with Crippen molar-refractivity contribution >= 4 is 12.0 Å². The molecule has 0 aromatic carbocycles. The monoisotopic (exact) mass is 446 g/mol. The van der Waals surface area contributed by atoms with E-state index in [2.05, 4.69) is 21.3 Å². The zero-order valence-corrected chi connectivity index (χ0v) is 17.7. The first kappa shape index (κ1) is 24.9. The Balaban J connectivity index is 0.000000423. The molecule has 1 aromatic heterocycles. The summed E-state index contributed by atoms with van der Waals surface area (Å²) in [5.74, 6) is -2.76. The molecule has 2 amide bonds. The molecule has 2 aliphatic heterocycles. The summed E-state index contributed by atoms with van der Waals surface area (Å²) < 4.78 is 38.2. The van der Waals surface area contributed by atoms with Gasteiger partial charge in [0.15, 0.2) is 0 Å². The molecule has 174 valence electrons. The molecular formula is C20H29F3N4O4. The molecule has 8 nitrogen and oxygen atoms in total. The van der Waals surface area contributed by atoms with Gasteiger partial charge in [-0.2, -0.15) is 13.2 Å². The summed E-state index contributed by atoms with van der Waals surface area (Å²) in [5, 5.41) is 10.1. The first-order valence-electron chi connectivity index (χ1n) is 10.1. The molecule has 2 N–H and O–H groups in total. The maximum atomic E-state index is 11.7. The van der Waals surface area contributed by atoms with Gasteiger partial charge in [0.2, 0.25) is 0 Å². The molecule has 0 bridgehead atoms. The molecule has 2 aliphatic rings. The van der Waals surface area contributed by atoms with E-state index in [-0.39, 0.29) is 17.7 Å². The Bertz CT molecular complexity index is 733. The van der Waals surface area contributed by atoms with E-state index in [4.69, 9.17) is 14.6 Å². The minimum Gasteiger partial charge on any atom is -0.475 e. The Kier molecular flexibility index (Phi) is 8.63. The highest BCUT2D eigenvalue weighted by Gasteiger charge is 2.43. The Morgan fingerprint density at radius 2 is 2.10 bits per heavy atom. The summed E-state index contributed by atoms with van der Waals surface area (Å²) in [5.41, 5.74) is 1.22. The summed E-state index contributed by atoms with van der Waals surface area (Å²) in [6, 6.07) is 4.06. The van der Waals surface area contributed by atoms with E-state index in [0.717, 1.165) is 38.9 Å². The Labute approximate surface area is 179 Å². The molecule has 31 heavy (non-hydrogen) atoms. The van der Waals surface area contributed by atoms with Gasteiger partial charge in [-0.3, -0.25) is 9.88 Å². The summed E-state index contributed by atoms with van der Waals surface area (Å²) in [4.78, 5) is 28.8. The number of carboxylic acid groups (broad SMARTS) is 1. The van der Waals surface area contributed by atoms with Gasteiger partial charge >= 0.3 is 18.2 Å². The van der Waals surface area contributed by atoms with Crippen LogP contribution in [-0.2, 0) is 16.1 Å². The highest BCUT2D eigenvalue weighted by molar-refractivity contribution is 5.73. The third-order valence-corrected chi connectivity index (χ3v) is 5.23. The normalized spacial score (nSPS) is 23.7. The van der Waals surface area contributed by atoms with Gasteiger partial charge in [-0.15, -0.1) is 0 Å². The van der Waals surface area contributed by atoms with Gasteiger partial charge in [0.05, 0.1) is 11.7 Å². The molecule has 11 heteroatoms. The number of halogens is 3. The van der Waals surface area contributed by atoms with E-state index in [1.165, 1.54) is 12.0 Å². The number of pyridine rings is 1. The molecule has 0 aliphatic carbocycles. The number of aromatic nitrogens is 1. The second-order valence-corrected chi connectivity index (χ2v) is 8.02. The molecule has 3 rings (SSSR count). The lowest BCUT2D eigenvalue weighted by atomic mass is 9.90. The Morgan fingerprint density at radius 1 is 1.39 bits per heavy atom. The third kappa shape index (κ3) is 7.98. The van der Waals surface area contributed by atoms with E-state index >= 15 is 0 Å². The quantitative estimate of drug-likeness (QED) is 0.738. The lowest BCUT2D eigenvalue weighted by molar-refractivity contribution is -0.192. The average Bonchev–Trinajstić information content (AvgIpc) is 3.08. The summed E-state index contributed by atoms with van der Waals surface area (Å²) in [6.07, 6.45) is 3.18. The van der Waals surface area contributed by atoms with Crippen molar-refractivity contribution in [3.05, 3.63) is 30.1 Å². The Morgan fingerprint density at radius 3 is 2.68 bits per heavy atom. The van der Waals surface area contributed by atoms with Crippen LogP contribution in [0.4, 0.5) is 18.0 Å². The number of amides is 2. The SMILES string of the molecule is CN(C)C(=O)NC[C@H]1CCC[C@]2(CCN(Cc3cccnc3)C2)O1.O=C(O)C(F)(F)F. The van der Waals surface area contributed by atoms with Crippen LogP contribution < -0.4 is 5.32 Å². The van der Waals surface area contributed by atoms with Crippen molar-refractivity contribution in [2.45, 2.75) is 50.1 Å². The standard InChI is InChI=1S/C18H28N4O2.C2HF3O2/c1-21(2)17(23)20-12-16-6-3-7-18(24-16)8-10-22(14-18)13-15-5-4-9-19-11-15;3-2(4,5)1(6)7/h4-5,9,11,16H,3,6-8,10,12-14H2,1-2H3,(H,20,23);(H,6,7)/t16-,18-;/m1./s1. The molecule has 0 saturated carbocycles. The van der Waals surface area contributed by atoms with Crippen LogP contribution in [0.1, 0.15) is 31.2 Å². The van der Waals surface area contributed by atoms with Gasteiger partial charge in [0, 0.05) is 52.7 Å². The minimum atomic E-state index is -5.08. The number of rotatable bonds is 4. The van der Waals surface area contributed by atoms with Gasteiger partial charge in [-0.05, 0) is 37.3 Å². The van der Waals surface area contributed by atoms with Crippen LogP contribution >= 0.6 is 0 Å². The van der Waals surface area contributed by atoms with Gasteiger partial charge in [0.1, 0.15) is 0 Å². The second-order valence-electron chi connectivity index (χ2n) is 8.02. The number of aliphatic carboxylic acids is 1. The van der Waals surface area contributed by atoms with E-state index in [9.17, 15) is 18.0 Å². The molecule has 3 heterocycles. The predicted octanol–water partition coefficient (Wildman–Crippen LogP) is 2.50. The third-order valence-electron chi connectivity index (χ3n) is 5.23. The van der Waals surface area contributed by atoms with Crippen molar-refractivity contribution in [2.24, 2.45) is 0 Å². The largest absolute Gasteiger partial charge is 0.490 e. The number of alkyl halides is 3. The number of likely N-dealkylation sites (tertiary alicyclic amines) is 1. The smallest absolute Gasteiger partial charge is 0.475 e. The van der Waals surface area contributed by atoms with Gasteiger partial charge in [-0.1, -0.05) is 6.07 Å². The van der Waals surface area contributed by atoms with Crippen molar-refractivity contribution in [1.82, 2.24) is 20.1 Å². The van der Waals surface area contributed by atoms with Gasteiger partial charge in [-0.25, -0.2) is 9.59 Å². The van der Waals surface area contributed by atoms with Crippen LogP contribution in [-0.4, -0.2) is 83.5 Å². The summed E-state index contributed by atoms with van der Waals surface area (Å²) in [7, 11) is 3.51. The van der Waals surface area contributed by atoms with E-state index < -0.39 is 12.1 Å². The number of ether oxygens (including phenoxy) is 1. The van der Waals surface area contributed by atoms with E-state index in [0.29, 0.717) is 6.54 Å². The zero-order chi connectivity index (χ0) is 23.1. The molecular weight excluding hydrogens is 417 g/mol. The molecule has 2 fully saturated rings. The van der Waals surface area contributed by atoms with Crippen LogP contribution in [0.25, 0.3) is 0 Å². The Hall–Kier alpha value is -2.40. The van der Waals surface area contributed by atoms with Crippen LogP contribution in [0.3, 0.4) is 0 Å². The number of nitrogens with one attached hydrogen (secondary N) is 1. The number of carbonyl (C=O) groups excluding carboxylic acids is 1. The number of hydrogen-bond acceptors (Lipinski definition) is 5. The zero-order valence-electron chi connectivity index (χ0n) is 17.7. The highest BCUT2D eigenvalue weighted by Crippen LogP contribution is 2.37. The fraction of sp³-hybridized carbons (Fsp3) is 0.650. The van der Waals surface area contributed by atoms with Crippen LogP contribution in [0, 0.1) is 0 Å². The molecule has 0 unspecified atom stereocenters. The highest BCUT2D eigenvalue weighted by atomic mass is 19.4. The van der Waals surface area contributed by atoms with Crippen molar-refractivity contribution < 1.29 is 32.6 Å². The second kappa shape index (κ2) is 10.8. The maximum Gasteiger partial charge on any atom is 0.490 e. The minimum absolute atomic E-state index is 0.0338. The molecule has 1 spiro atoms. The summed E-state index contributed by atoms with van der Waals surface area (Å²) in [6.45, 7) is 3.56. The van der Waals surface area contributed by atoms with Crippen molar-refractivity contribution in [3.63, 3.8) is 0 Å². The number of carbonyl (C=O) groups is 2. The van der Waals surface area contributed by atoms with E-state index in [1.807, 2.05) is 18.5 Å². The number of nitrogens with zero attached hydrogens (tertiary/aromatic N) is 3. The van der Waals surface area contributed by atoms with Crippen molar-refractivity contribution in [1.29, 1.82) is 0 Å². The lowest BCUT2D eigenvalue weighted by Gasteiger charge is -2.39. The van der Waals surface area contributed by atoms with E-state index in [1.54, 1.807) is 19.0 Å². The average molecular weight is 446 g/mol. The maximum absolute atomic E-state index is 11.7. The van der Waals surface area contributed by atoms with Crippen molar-refractivity contribution in [2.75, 3.05) is 33.7 Å².